The maximum atomic E-state index is 4.38. The molecule has 4 heteroatoms. The van der Waals surface area contributed by atoms with E-state index in [0.29, 0.717) is 0 Å². The van der Waals surface area contributed by atoms with Gasteiger partial charge in [-0.05, 0) is 44.4 Å². The Bertz CT molecular complexity index is 518. The SMILES string of the molecule is CCCCc1ccc(Nc2cc(C)nc(C)n2)cc1.[Cl-]. The molecule has 0 aliphatic rings. The fourth-order valence-corrected chi connectivity index (χ4v) is 2.06. The highest BCUT2D eigenvalue weighted by molar-refractivity contribution is 5.56. The van der Waals surface area contributed by atoms with Crippen LogP contribution in [0.5, 0.6) is 0 Å². The minimum absolute atomic E-state index is 0. The van der Waals surface area contributed by atoms with Crippen molar-refractivity contribution in [2.24, 2.45) is 0 Å². The number of benzene rings is 1. The van der Waals surface area contributed by atoms with Gasteiger partial charge in [0.05, 0.1) is 0 Å². The summed E-state index contributed by atoms with van der Waals surface area (Å²) in [5, 5.41) is 3.32. The summed E-state index contributed by atoms with van der Waals surface area (Å²) in [6.45, 7) is 6.11. The number of anilines is 2. The molecular weight excluding hydrogens is 270 g/mol. The van der Waals surface area contributed by atoms with E-state index in [1.165, 1.54) is 18.4 Å². The number of rotatable bonds is 5. The molecule has 1 heterocycles. The Hall–Kier alpha value is -1.61. The summed E-state index contributed by atoms with van der Waals surface area (Å²) < 4.78 is 0. The lowest BCUT2D eigenvalue weighted by Gasteiger charge is -2.08. The van der Waals surface area contributed by atoms with Gasteiger partial charge in [0.1, 0.15) is 11.6 Å². The van der Waals surface area contributed by atoms with E-state index < -0.39 is 0 Å². The summed E-state index contributed by atoms with van der Waals surface area (Å²) >= 11 is 0. The average Bonchev–Trinajstić information content (AvgIpc) is 2.37. The van der Waals surface area contributed by atoms with Gasteiger partial charge in [-0.15, -0.1) is 0 Å². The second-order valence-corrected chi connectivity index (χ2v) is 4.87. The lowest BCUT2D eigenvalue weighted by atomic mass is 10.1. The molecule has 0 unspecified atom stereocenters. The zero-order chi connectivity index (χ0) is 13.7. The summed E-state index contributed by atoms with van der Waals surface area (Å²) in [4.78, 5) is 8.65. The Labute approximate surface area is 127 Å². The van der Waals surface area contributed by atoms with Crippen LogP contribution < -0.4 is 17.7 Å². The highest BCUT2D eigenvalue weighted by Gasteiger charge is 2.00. The topological polar surface area (TPSA) is 37.8 Å². The fourth-order valence-electron chi connectivity index (χ4n) is 2.06. The van der Waals surface area contributed by atoms with Crippen molar-refractivity contribution >= 4 is 11.5 Å². The lowest BCUT2D eigenvalue weighted by Crippen LogP contribution is -3.00. The smallest absolute Gasteiger partial charge is 0.134 e. The number of halogens is 1. The molecule has 1 aromatic heterocycles. The number of hydrogen-bond acceptors (Lipinski definition) is 3. The van der Waals surface area contributed by atoms with Crippen LogP contribution in [-0.2, 0) is 6.42 Å². The number of nitrogens with one attached hydrogen (secondary N) is 1. The quantitative estimate of drug-likeness (QED) is 0.899. The van der Waals surface area contributed by atoms with Crippen molar-refractivity contribution in [3.05, 3.63) is 47.4 Å². The molecule has 0 saturated carbocycles. The van der Waals surface area contributed by atoms with Crippen molar-refractivity contribution in [2.45, 2.75) is 40.0 Å². The van der Waals surface area contributed by atoms with E-state index in [1.54, 1.807) is 0 Å². The molecule has 0 aliphatic carbocycles. The molecule has 2 rings (SSSR count). The van der Waals surface area contributed by atoms with Crippen LogP contribution >= 0.6 is 0 Å². The van der Waals surface area contributed by atoms with E-state index in [1.807, 2.05) is 19.9 Å². The Morgan fingerprint density at radius 3 is 2.35 bits per heavy atom. The van der Waals surface area contributed by atoms with Gasteiger partial charge in [-0.3, -0.25) is 0 Å². The highest BCUT2D eigenvalue weighted by atomic mass is 35.5. The molecule has 0 aliphatic heterocycles. The Kier molecular flexibility index (Phi) is 6.46. The molecule has 0 atom stereocenters. The van der Waals surface area contributed by atoms with Crippen molar-refractivity contribution in [3.63, 3.8) is 0 Å². The normalized spacial score (nSPS) is 9.95. The predicted molar refractivity (Wildman–Crippen MR) is 79.8 cm³/mol. The first-order valence-electron chi connectivity index (χ1n) is 6.85. The minimum Gasteiger partial charge on any atom is -1.00 e. The zero-order valence-corrected chi connectivity index (χ0v) is 13.0. The van der Waals surface area contributed by atoms with Gasteiger partial charge in [0.15, 0.2) is 0 Å². The van der Waals surface area contributed by atoms with Crippen LogP contribution in [0.3, 0.4) is 0 Å². The van der Waals surface area contributed by atoms with Crippen molar-refractivity contribution in [1.82, 2.24) is 9.97 Å². The molecule has 0 radical (unpaired) electrons. The van der Waals surface area contributed by atoms with Gasteiger partial charge < -0.3 is 17.7 Å². The number of unbranched alkanes of at least 4 members (excludes halogenated alkanes) is 1. The molecule has 0 amide bonds. The largest absolute Gasteiger partial charge is 1.00 e. The van der Waals surface area contributed by atoms with Crippen LogP contribution in [0.2, 0.25) is 0 Å². The van der Waals surface area contributed by atoms with Crippen molar-refractivity contribution in [2.75, 3.05) is 5.32 Å². The van der Waals surface area contributed by atoms with Crippen molar-refractivity contribution < 1.29 is 12.4 Å². The molecule has 0 spiro atoms. The summed E-state index contributed by atoms with van der Waals surface area (Å²) in [6, 6.07) is 10.5. The molecular formula is C16H21ClN3-. The molecule has 0 saturated heterocycles. The maximum absolute atomic E-state index is 4.38. The Morgan fingerprint density at radius 1 is 1.05 bits per heavy atom. The fraction of sp³-hybridized carbons (Fsp3) is 0.375. The van der Waals surface area contributed by atoms with Crippen LogP contribution in [0.1, 0.15) is 36.8 Å². The van der Waals surface area contributed by atoms with Crippen LogP contribution in [0, 0.1) is 13.8 Å². The number of aryl methyl sites for hydroxylation is 3. The minimum atomic E-state index is 0. The summed E-state index contributed by atoms with van der Waals surface area (Å²) in [5.74, 6) is 1.65. The molecule has 1 N–H and O–H groups in total. The first kappa shape index (κ1) is 16.4. The third kappa shape index (κ3) is 4.82. The van der Waals surface area contributed by atoms with Gasteiger partial charge in [0, 0.05) is 17.4 Å². The van der Waals surface area contributed by atoms with Gasteiger partial charge in [-0.1, -0.05) is 25.5 Å². The van der Waals surface area contributed by atoms with Crippen molar-refractivity contribution in [1.29, 1.82) is 0 Å². The number of aromatic nitrogens is 2. The van der Waals surface area contributed by atoms with Crippen LogP contribution in [0.4, 0.5) is 11.5 Å². The van der Waals surface area contributed by atoms with E-state index in [9.17, 15) is 0 Å². The first-order chi connectivity index (χ1) is 9.17. The van der Waals surface area contributed by atoms with E-state index in [0.717, 1.165) is 29.4 Å². The molecule has 1 aromatic carbocycles. The third-order valence-corrected chi connectivity index (χ3v) is 3.01. The maximum Gasteiger partial charge on any atom is 0.134 e. The van der Waals surface area contributed by atoms with Crippen LogP contribution in [0.15, 0.2) is 30.3 Å². The van der Waals surface area contributed by atoms with Gasteiger partial charge >= 0.3 is 0 Å². The second kappa shape index (κ2) is 7.85. The highest BCUT2D eigenvalue weighted by Crippen LogP contribution is 2.17. The molecule has 20 heavy (non-hydrogen) atoms. The van der Waals surface area contributed by atoms with Gasteiger partial charge in [0.25, 0.3) is 0 Å². The second-order valence-electron chi connectivity index (χ2n) is 4.87. The summed E-state index contributed by atoms with van der Waals surface area (Å²) in [6.07, 6.45) is 3.64. The average molecular weight is 291 g/mol. The van der Waals surface area contributed by atoms with Crippen LogP contribution in [-0.4, -0.2) is 9.97 Å². The molecule has 108 valence electrons. The standard InChI is InChI=1S/C16H21N3.ClH/c1-4-5-6-14-7-9-15(10-8-14)19-16-11-12(2)17-13(3)18-16;/h7-11H,4-6H2,1-3H3,(H,17,18,19);1H/p-1. The van der Waals surface area contributed by atoms with Gasteiger partial charge in [-0.25, -0.2) is 9.97 Å². The van der Waals surface area contributed by atoms with E-state index in [4.69, 9.17) is 0 Å². The van der Waals surface area contributed by atoms with E-state index >= 15 is 0 Å². The zero-order valence-electron chi connectivity index (χ0n) is 12.3. The third-order valence-electron chi connectivity index (χ3n) is 3.01. The number of hydrogen-bond donors (Lipinski definition) is 1. The lowest BCUT2D eigenvalue weighted by molar-refractivity contribution is -0.00000439. The Morgan fingerprint density at radius 2 is 1.75 bits per heavy atom. The molecule has 0 bridgehead atoms. The molecule has 0 fully saturated rings. The van der Waals surface area contributed by atoms with Crippen LogP contribution in [0.25, 0.3) is 0 Å². The predicted octanol–water partition coefficient (Wildman–Crippen LogP) is 1.18. The van der Waals surface area contributed by atoms with Gasteiger partial charge in [-0.2, -0.15) is 0 Å². The van der Waals surface area contributed by atoms with Crippen molar-refractivity contribution in [3.8, 4) is 0 Å². The van der Waals surface area contributed by atoms with E-state index in [2.05, 4.69) is 46.5 Å². The molecule has 2 aromatic rings. The summed E-state index contributed by atoms with van der Waals surface area (Å²) in [5.41, 5.74) is 3.44. The first-order valence-corrected chi connectivity index (χ1v) is 6.85. The molecule has 3 nitrogen and oxygen atoms in total. The Balaban J connectivity index is 0.00000200. The summed E-state index contributed by atoms with van der Waals surface area (Å²) in [7, 11) is 0. The number of nitrogens with zero attached hydrogens (tertiary/aromatic N) is 2. The van der Waals surface area contributed by atoms with Gasteiger partial charge in [0.2, 0.25) is 0 Å². The monoisotopic (exact) mass is 290 g/mol. The van der Waals surface area contributed by atoms with E-state index in [-0.39, 0.29) is 12.4 Å².